The third kappa shape index (κ3) is 5.82. The SMILES string of the molecule is CCC(O)OC(=O)/C=C\C(=O)OC1CCCCC1. The molecule has 0 heterocycles. The molecule has 1 rings (SSSR count). The summed E-state index contributed by atoms with van der Waals surface area (Å²) in [7, 11) is 0. The molecule has 0 aromatic heterocycles. The Kier molecular flexibility index (Phi) is 6.43. The van der Waals surface area contributed by atoms with E-state index >= 15 is 0 Å². The Morgan fingerprint density at radius 1 is 1.22 bits per heavy atom. The maximum Gasteiger partial charge on any atom is 0.333 e. The number of carbonyl (C=O) groups excluding carboxylic acids is 2. The van der Waals surface area contributed by atoms with Crippen LogP contribution in [0.2, 0.25) is 0 Å². The average Bonchev–Trinajstić information content (AvgIpc) is 2.37. The zero-order chi connectivity index (χ0) is 13.4. The highest BCUT2D eigenvalue weighted by Gasteiger charge is 2.16. The predicted molar refractivity (Wildman–Crippen MR) is 64.5 cm³/mol. The van der Waals surface area contributed by atoms with Crippen molar-refractivity contribution < 1.29 is 24.2 Å². The Morgan fingerprint density at radius 3 is 2.44 bits per heavy atom. The van der Waals surface area contributed by atoms with Crippen LogP contribution in [0.15, 0.2) is 12.2 Å². The Morgan fingerprint density at radius 2 is 1.83 bits per heavy atom. The van der Waals surface area contributed by atoms with Gasteiger partial charge >= 0.3 is 11.9 Å². The molecular weight excluding hydrogens is 236 g/mol. The molecule has 0 aromatic rings. The van der Waals surface area contributed by atoms with E-state index in [2.05, 4.69) is 4.74 Å². The first-order valence-electron chi connectivity index (χ1n) is 6.39. The minimum atomic E-state index is -1.13. The lowest BCUT2D eigenvalue weighted by molar-refractivity contribution is -0.162. The summed E-state index contributed by atoms with van der Waals surface area (Å²) >= 11 is 0. The third-order valence-corrected chi connectivity index (χ3v) is 2.79. The standard InChI is InChI=1S/C13H20O5/c1-2-11(14)18-13(16)9-8-12(15)17-10-6-4-3-5-7-10/h8-11,14H,2-7H2,1H3/b9-8-. The summed E-state index contributed by atoms with van der Waals surface area (Å²) in [5, 5.41) is 9.06. The molecule has 0 radical (unpaired) electrons. The van der Waals surface area contributed by atoms with Gasteiger partial charge in [-0.05, 0) is 25.7 Å². The van der Waals surface area contributed by atoms with Gasteiger partial charge in [0.2, 0.25) is 6.29 Å². The Bertz CT molecular complexity index is 305. The zero-order valence-electron chi connectivity index (χ0n) is 10.6. The van der Waals surface area contributed by atoms with Crippen molar-refractivity contribution in [1.82, 2.24) is 0 Å². The second-order valence-corrected chi connectivity index (χ2v) is 4.33. The highest BCUT2D eigenvalue weighted by atomic mass is 16.6. The van der Waals surface area contributed by atoms with E-state index in [-0.39, 0.29) is 6.10 Å². The van der Waals surface area contributed by atoms with Crippen LogP contribution < -0.4 is 0 Å². The van der Waals surface area contributed by atoms with Crippen LogP contribution in [0.4, 0.5) is 0 Å². The van der Waals surface area contributed by atoms with Crippen LogP contribution in [-0.4, -0.2) is 29.4 Å². The summed E-state index contributed by atoms with van der Waals surface area (Å²) in [4.78, 5) is 22.5. The average molecular weight is 256 g/mol. The smallest absolute Gasteiger partial charge is 0.333 e. The van der Waals surface area contributed by atoms with Crippen molar-refractivity contribution in [1.29, 1.82) is 0 Å². The molecule has 18 heavy (non-hydrogen) atoms. The van der Waals surface area contributed by atoms with Gasteiger partial charge in [0.15, 0.2) is 0 Å². The fraction of sp³-hybridized carbons (Fsp3) is 0.692. The van der Waals surface area contributed by atoms with Crippen molar-refractivity contribution in [3.05, 3.63) is 12.2 Å². The van der Waals surface area contributed by atoms with E-state index in [0.717, 1.165) is 37.8 Å². The van der Waals surface area contributed by atoms with Crippen molar-refractivity contribution >= 4 is 11.9 Å². The van der Waals surface area contributed by atoms with Crippen molar-refractivity contribution in [2.24, 2.45) is 0 Å². The largest absolute Gasteiger partial charge is 0.459 e. The molecule has 0 aromatic carbocycles. The first-order valence-corrected chi connectivity index (χ1v) is 6.39. The minimum absolute atomic E-state index is 0.0341. The first kappa shape index (κ1) is 14.7. The predicted octanol–water partition coefficient (Wildman–Crippen LogP) is 1.69. The van der Waals surface area contributed by atoms with Crippen LogP contribution >= 0.6 is 0 Å². The molecular formula is C13H20O5. The number of aliphatic hydroxyl groups excluding tert-OH is 1. The van der Waals surface area contributed by atoms with Gasteiger partial charge in [-0.1, -0.05) is 13.3 Å². The molecule has 0 aliphatic heterocycles. The number of esters is 2. The van der Waals surface area contributed by atoms with Gasteiger partial charge in [0.05, 0.1) is 0 Å². The van der Waals surface area contributed by atoms with Crippen LogP contribution in [0.25, 0.3) is 0 Å². The number of ether oxygens (including phenoxy) is 2. The fourth-order valence-corrected chi connectivity index (χ4v) is 1.78. The van der Waals surface area contributed by atoms with Crippen LogP contribution in [0.5, 0.6) is 0 Å². The summed E-state index contributed by atoms with van der Waals surface area (Å²) in [6, 6.07) is 0. The van der Waals surface area contributed by atoms with Gasteiger partial charge < -0.3 is 14.6 Å². The molecule has 1 N–H and O–H groups in total. The number of rotatable bonds is 5. The van der Waals surface area contributed by atoms with E-state index in [4.69, 9.17) is 9.84 Å². The number of aliphatic hydroxyl groups is 1. The molecule has 0 spiro atoms. The molecule has 1 saturated carbocycles. The van der Waals surface area contributed by atoms with Gasteiger partial charge in [0.1, 0.15) is 6.10 Å². The monoisotopic (exact) mass is 256 g/mol. The number of hydrogen-bond acceptors (Lipinski definition) is 5. The van der Waals surface area contributed by atoms with Crippen LogP contribution in [0.1, 0.15) is 45.4 Å². The van der Waals surface area contributed by atoms with Gasteiger partial charge in [0, 0.05) is 18.6 Å². The molecule has 0 saturated heterocycles. The summed E-state index contributed by atoms with van der Waals surface area (Å²) in [6.45, 7) is 1.68. The van der Waals surface area contributed by atoms with E-state index in [0.29, 0.717) is 6.42 Å². The molecule has 0 bridgehead atoms. The van der Waals surface area contributed by atoms with E-state index in [9.17, 15) is 9.59 Å². The fourth-order valence-electron chi connectivity index (χ4n) is 1.78. The van der Waals surface area contributed by atoms with Gasteiger partial charge in [0.25, 0.3) is 0 Å². The lowest BCUT2D eigenvalue weighted by atomic mass is 9.98. The van der Waals surface area contributed by atoms with Gasteiger partial charge in [-0.15, -0.1) is 0 Å². The lowest BCUT2D eigenvalue weighted by Gasteiger charge is -2.20. The van der Waals surface area contributed by atoms with Crippen LogP contribution in [0.3, 0.4) is 0 Å². The first-order chi connectivity index (χ1) is 8.61. The quantitative estimate of drug-likeness (QED) is 0.460. The Labute approximate surface area is 107 Å². The molecule has 1 aliphatic rings. The summed E-state index contributed by atoms with van der Waals surface area (Å²) in [5.41, 5.74) is 0. The van der Waals surface area contributed by atoms with Crippen LogP contribution in [-0.2, 0) is 19.1 Å². The molecule has 1 atom stereocenters. The Balaban J connectivity index is 2.27. The molecule has 102 valence electrons. The molecule has 5 nitrogen and oxygen atoms in total. The Hall–Kier alpha value is -1.36. The highest BCUT2D eigenvalue weighted by Crippen LogP contribution is 2.20. The van der Waals surface area contributed by atoms with Crippen molar-refractivity contribution in [2.75, 3.05) is 0 Å². The van der Waals surface area contributed by atoms with Crippen molar-refractivity contribution in [3.63, 3.8) is 0 Å². The lowest BCUT2D eigenvalue weighted by Crippen LogP contribution is -2.20. The van der Waals surface area contributed by atoms with Crippen molar-refractivity contribution in [2.45, 2.75) is 57.8 Å². The molecule has 0 amide bonds. The molecule has 1 aliphatic carbocycles. The van der Waals surface area contributed by atoms with E-state index < -0.39 is 18.2 Å². The second kappa shape index (κ2) is 7.87. The van der Waals surface area contributed by atoms with E-state index in [1.54, 1.807) is 6.92 Å². The highest BCUT2D eigenvalue weighted by molar-refractivity contribution is 5.91. The maximum atomic E-state index is 11.4. The molecule has 5 heteroatoms. The van der Waals surface area contributed by atoms with Gasteiger partial charge in [-0.2, -0.15) is 0 Å². The normalized spacial score (nSPS) is 18.6. The summed E-state index contributed by atoms with van der Waals surface area (Å²) in [5.74, 6) is -1.28. The van der Waals surface area contributed by atoms with Gasteiger partial charge in [-0.25, -0.2) is 9.59 Å². The van der Waals surface area contributed by atoms with Gasteiger partial charge in [-0.3, -0.25) is 0 Å². The third-order valence-electron chi connectivity index (χ3n) is 2.79. The summed E-state index contributed by atoms with van der Waals surface area (Å²) < 4.78 is 9.74. The number of carbonyl (C=O) groups is 2. The van der Waals surface area contributed by atoms with Crippen LogP contribution in [0, 0.1) is 0 Å². The number of hydrogen-bond donors (Lipinski definition) is 1. The molecule has 1 fully saturated rings. The van der Waals surface area contributed by atoms with E-state index in [1.807, 2.05) is 0 Å². The zero-order valence-corrected chi connectivity index (χ0v) is 10.6. The summed E-state index contributed by atoms with van der Waals surface area (Å²) in [6.07, 6.45) is 6.28. The molecule has 1 unspecified atom stereocenters. The topological polar surface area (TPSA) is 72.8 Å². The van der Waals surface area contributed by atoms with Crippen molar-refractivity contribution in [3.8, 4) is 0 Å². The maximum absolute atomic E-state index is 11.4. The van der Waals surface area contributed by atoms with E-state index in [1.165, 1.54) is 6.42 Å². The minimum Gasteiger partial charge on any atom is -0.459 e. The second-order valence-electron chi connectivity index (χ2n) is 4.33.